The molecule has 0 unspecified atom stereocenters. The smallest absolute Gasteiger partial charge is 0.243 e. The molecule has 0 heterocycles. The quantitative estimate of drug-likeness (QED) is 0.542. The third-order valence-electron chi connectivity index (χ3n) is 5.96. The Hall–Kier alpha value is -2.48. The molecule has 0 aliphatic heterocycles. The number of aryl methyl sites for hydroxylation is 8. The van der Waals surface area contributed by atoms with Crippen LogP contribution in [0.25, 0.3) is 0 Å². The Morgan fingerprint density at radius 1 is 0.464 bits per heavy atom. The molecule has 3 aromatic carbocycles. The van der Waals surface area contributed by atoms with Gasteiger partial charge in [0.15, 0.2) is 0 Å². The van der Waals surface area contributed by atoms with Crippen LogP contribution in [-0.4, -0.2) is 6.71 Å². The van der Waals surface area contributed by atoms with E-state index in [1.54, 1.807) is 0 Å². The van der Waals surface area contributed by atoms with Crippen LogP contribution in [0.1, 0.15) is 44.5 Å². The molecule has 0 atom stereocenters. The highest BCUT2D eigenvalue weighted by Gasteiger charge is 2.30. The number of nitrogens with two attached hydrogens (primary N) is 1. The van der Waals surface area contributed by atoms with E-state index >= 15 is 0 Å². The molecule has 28 heavy (non-hydrogen) atoms. The van der Waals surface area contributed by atoms with Crippen molar-refractivity contribution in [1.29, 1.82) is 0 Å². The molecular formula is C26H32BN. The number of hydrogen-bond donors (Lipinski definition) is 1. The summed E-state index contributed by atoms with van der Waals surface area (Å²) in [7, 11) is 0. The van der Waals surface area contributed by atoms with Gasteiger partial charge in [0, 0.05) is 5.69 Å². The van der Waals surface area contributed by atoms with Crippen LogP contribution >= 0.6 is 0 Å². The molecule has 0 radical (unpaired) electrons. The number of benzene rings is 3. The summed E-state index contributed by atoms with van der Waals surface area (Å²) in [5, 5.41) is 0. The van der Waals surface area contributed by atoms with Crippen LogP contribution in [0.2, 0.25) is 0 Å². The average molecular weight is 369 g/mol. The van der Waals surface area contributed by atoms with E-state index in [2.05, 4.69) is 91.8 Å². The lowest BCUT2D eigenvalue weighted by Gasteiger charge is -2.27. The van der Waals surface area contributed by atoms with Gasteiger partial charge >= 0.3 is 0 Å². The summed E-state index contributed by atoms with van der Waals surface area (Å²) in [4.78, 5) is 0. The van der Waals surface area contributed by atoms with E-state index in [4.69, 9.17) is 5.73 Å². The molecule has 0 fully saturated rings. The van der Waals surface area contributed by atoms with Crippen LogP contribution in [0, 0.1) is 55.4 Å². The zero-order valence-corrected chi connectivity index (χ0v) is 18.6. The largest absolute Gasteiger partial charge is 0.399 e. The first-order valence-corrected chi connectivity index (χ1v) is 10.1. The number of anilines is 1. The molecule has 144 valence electrons. The van der Waals surface area contributed by atoms with Gasteiger partial charge in [-0.1, -0.05) is 85.2 Å². The van der Waals surface area contributed by atoms with Crippen molar-refractivity contribution < 1.29 is 0 Å². The molecular weight excluding hydrogens is 337 g/mol. The molecule has 2 heteroatoms. The van der Waals surface area contributed by atoms with Crippen molar-refractivity contribution in [1.82, 2.24) is 0 Å². The summed E-state index contributed by atoms with van der Waals surface area (Å²) in [6.07, 6.45) is 0. The second-order valence-electron chi connectivity index (χ2n) is 8.63. The summed E-state index contributed by atoms with van der Waals surface area (Å²) in [5.41, 5.74) is 21.9. The highest BCUT2D eigenvalue weighted by molar-refractivity contribution is 6.97. The van der Waals surface area contributed by atoms with Gasteiger partial charge in [0.2, 0.25) is 6.71 Å². The number of nitrogen functional groups attached to an aromatic ring is 1. The molecule has 1 nitrogen and oxygen atoms in total. The highest BCUT2D eigenvalue weighted by atomic mass is 14.5. The van der Waals surface area contributed by atoms with Crippen molar-refractivity contribution >= 4 is 28.8 Å². The van der Waals surface area contributed by atoms with Crippen LogP contribution in [0.3, 0.4) is 0 Å². The molecule has 0 amide bonds. The third kappa shape index (κ3) is 3.61. The molecule has 2 N–H and O–H groups in total. The van der Waals surface area contributed by atoms with Gasteiger partial charge in [-0.05, 0) is 67.5 Å². The fourth-order valence-electron chi connectivity index (χ4n) is 5.19. The Morgan fingerprint density at radius 3 is 1.00 bits per heavy atom. The Bertz CT molecular complexity index is 856. The SMILES string of the molecule is Cc1cc(C)c(B(c2c(C)cc(C)cc2C)c2c(C)cc(N)cc2C)c(C)c1. The molecule has 3 rings (SSSR count). The van der Waals surface area contributed by atoms with E-state index in [-0.39, 0.29) is 6.71 Å². The second kappa shape index (κ2) is 7.51. The minimum absolute atomic E-state index is 0.210. The second-order valence-corrected chi connectivity index (χ2v) is 8.63. The normalized spacial score (nSPS) is 11.0. The fraction of sp³-hybridized carbons (Fsp3) is 0.308. The molecule has 3 aromatic rings. The van der Waals surface area contributed by atoms with Crippen molar-refractivity contribution in [3.8, 4) is 0 Å². The van der Waals surface area contributed by atoms with E-state index in [9.17, 15) is 0 Å². The van der Waals surface area contributed by atoms with E-state index < -0.39 is 0 Å². The van der Waals surface area contributed by atoms with Crippen LogP contribution in [0.15, 0.2) is 36.4 Å². The monoisotopic (exact) mass is 369 g/mol. The lowest BCUT2D eigenvalue weighted by atomic mass is 9.33. The van der Waals surface area contributed by atoms with Crippen molar-refractivity contribution in [2.45, 2.75) is 55.4 Å². The summed E-state index contributed by atoms with van der Waals surface area (Å²) in [5.74, 6) is 0. The summed E-state index contributed by atoms with van der Waals surface area (Å²) in [6, 6.07) is 13.5. The Kier molecular flexibility index (Phi) is 5.43. The molecule has 0 saturated heterocycles. The van der Waals surface area contributed by atoms with E-state index in [1.807, 2.05) is 0 Å². The van der Waals surface area contributed by atoms with Gasteiger partial charge in [-0.3, -0.25) is 0 Å². The maximum absolute atomic E-state index is 6.17. The van der Waals surface area contributed by atoms with E-state index in [1.165, 1.54) is 60.9 Å². The average Bonchev–Trinajstić information content (AvgIpc) is 2.51. The first-order valence-electron chi connectivity index (χ1n) is 10.1. The molecule has 0 aromatic heterocycles. The Morgan fingerprint density at radius 2 is 0.714 bits per heavy atom. The van der Waals surface area contributed by atoms with Gasteiger partial charge in [0.25, 0.3) is 0 Å². The number of hydrogen-bond acceptors (Lipinski definition) is 1. The number of rotatable bonds is 3. The Balaban J connectivity index is 2.45. The molecule has 0 saturated carbocycles. The van der Waals surface area contributed by atoms with Gasteiger partial charge in [0.05, 0.1) is 0 Å². The van der Waals surface area contributed by atoms with Gasteiger partial charge < -0.3 is 5.73 Å². The maximum Gasteiger partial charge on any atom is 0.243 e. The first kappa shape index (κ1) is 20.3. The van der Waals surface area contributed by atoms with Gasteiger partial charge in [-0.15, -0.1) is 0 Å². The Labute approximate surface area is 171 Å². The topological polar surface area (TPSA) is 26.0 Å². The van der Waals surface area contributed by atoms with Gasteiger partial charge in [-0.25, -0.2) is 0 Å². The lowest BCUT2D eigenvalue weighted by Crippen LogP contribution is -2.57. The van der Waals surface area contributed by atoms with Crippen LogP contribution < -0.4 is 22.1 Å². The summed E-state index contributed by atoms with van der Waals surface area (Å²) in [6.45, 7) is 18.0. The third-order valence-corrected chi connectivity index (χ3v) is 5.96. The van der Waals surface area contributed by atoms with Crippen molar-refractivity contribution in [2.75, 3.05) is 5.73 Å². The van der Waals surface area contributed by atoms with E-state index in [0.29, 0.717) is 0 Å². The molecule has 0 spiro atoms. The predicted octanol–water partition coefficient (Wildman–Crippen LogP) is 4.25. The van der Waals surface area contributed by atoms with Crippen LogP contribution in [0.4, 0.5) is 5.69 Å². The van der Waals surface area contributed by atoms with Crippen molar-refractivity contribution in [3.63, 3.8) is 0 Å². The fourth-order valence-corrected chi connectivity index (χ4v) is 5.19. The zero-order valence-electron chi connectivity index (χ0n) is 18.6. The lowest BCUT2D eigenvalue weighted by molar-refractivity contribution is 1.33. The minimum atomic E-state index is 0.210. The van der Waals surface area contributed by atoms with Crippen molar-refractivity contribution in [3.05, 3.63) is 80.9 Å². The van der Waals surface area contributed by atoms with Gasteiger partial charge in [-0.2, -0.15) is 0 Å². The van der Waals surface area contributed by atoms with Gasteiger partial charge in [0.1, 0.15) is 0 Å². The maximum atomic E-state index is 6.17. The highest BCUT2D eigenvalue weighted by Crippen LogP contribution is 2.16. The van der Waals surface area contributed by atoms with Crippen molar-refractivity contribution in [2.24, 2.45) is 0 Å². The standard InChI is InChI=1S/C26H32BN/c1-15-9-17(3)24(18(4)10-15)27(25-19(5)11-16(2)12-20(25)6)26-21(7)13-23(28)14-22(26)8/h9-14H,28H2,1-8H3. The van der Waals surface area contributed by atoms with Crippen LogP contribution in [-0.2, 0) is 0 Å². The van der Waals surface area contributed by atoms with E-state index in [0.717, 1.165) is 5.69 Å². The minimum Gasteiger partial charge on any atom is -0.399 e. The molecule has 0 aliphatic carbocycles. The summed E-state index contributed by atoms with van der Waals surface area (Å²) < 4.78 is 0. The molecule has 0 bridgehead atoms. The zero-order chi connectivity index (χ0) is 20.7. The van der Waals surface area contributed by atoms with Crippen LogP contribution in [0.5, 0.6) is 0 Å². The first-order chi connectivity index (χ1) is 13.1. The summed E-state index contributed by atoms with van der Waals surface area (Å²) >= 11 is 0. The predicted molar refractivity (Wildman–Crippen MR) is 126 cm³/mol. The molecule has 0 aliphatic rings.